The second kappa shape index (κ2) is 12.2. The summed E-state index contributed by atoms with van der Waals surface area (Å²) >= 11 is 3.49. The van der Waals surface area contributed by atoms with E-state index < -0.39 is 18.9 Å². The topological polar surface area (TPSA) is 43.4 Å². The Morgan fingerprint density at radius 1 is 1.19 bits per heavy atom. The normalized spacial score (nSPS) is 15.2. The van der Waals surface area contributed by atoms with Crippen LogP contribution in [0.1, 0.15) is 38.2 Å². The van der Waals surface area contributed by atoms with Gasteiger partial charge in [-0.3, -0.25) is 9.00 Å². The number of carbonyl (C=O) groups is 1. The van der Waals surface area contributed by atoms with Gasteiger partial charge in [0.2, 0.25) is 0 Å². The molecule has 6 heteroatoms. The van der Waals surface area contributed by atoms with Gasteiger partial charge < -0.3 is 4.74 Å². The van der Waals surface area contributed by atoms with E-state index in [-0.39, 0.29) is 17.1 Å². The van der Waals surface area contributed by atoms with E-state index in [4.69, 9.17) is 4.74 Å². The number of aryl methyl sites for hydroxylation is 1. The number of benzene rings is 1. The molecule has 3 atom stereocenters. The maximum Gasteiger partial charge on any atom is 0.306 e. The third kappa shape index (κ3) is 9.53. The van der Waals surface area contributed by atoms with Gasteiger partial charge >= 0.3 is 5.97 Å². The van der Waals surface area contributed by atoms with Gasteiger partial charge in [-0.05, 0) is 50.8 Å². The van der Waals surface area contributed by atoms with Gasteiger partial charge in [0.05, 0.1) is 17.4 Å². The molecule has 0 aromatic heterocycles. The lowest BCUT2D eigenvalue weighted by molar-refractivity contribution is -0.144. The lowest BCUT2D eigenvalue weighted by atomic mass is 9.95. The highest BCUT2D eigenvalue weighted by molar-refractivity contribution is 9.09. The Kier molecular flexibility index (Phi) is 11.1. The van der Waals surface area contributed by atoms with Crippen LogP contribution in [0.5, 0.6) is 0 Å². The summed E-state index contributed by atoms with van der Waals surface area (Å²) in [7, 11) is -2.58. The minimum absolute atomic E-state index is 0.000829. The minimum Gasteiger partial charge on any atom is -0.466 e. The third-order valence-electron chi connectivity index (χ3n) is 4.56. The summed E-state index contributed by atoms with van der Waals surface area (Å²) in [5.41, 5.74) is 1.16. The molecular formula is C21H35BrO3SSi. The smallest absolute Gasteiger partial charge is 0.306 e. The van der Waals surface area contributed by atoms with Crippen LogP contribution in [-0.4, -0.2) is 35.4 Å². The van der Waals surface area contributed by atoms with Crippen LogP contribution in [0.4, 0.5) is 0 Å². The first-order valence-corrected chi connectivity index (χ1v) is 15.9. The summed E-state index contributed by atoms with van der Waals surface area (Å²) in [6.45, 7) is 11.2. The second-order valence-electron chi connectivity index (χ2n) is 8.37. The quantitative estimate of drug-likeness (QED) is 0.163. The monoisotopic (exact) mass is 474 g/mol. The Balaban J connectivity index is 3.12. The Bertz CT molecular complexity index is 598. The van der Waals surface area contributed by atoms with Gasteiger partial charge in [-0.25, -0.2) is 0 Å². The Morgan fingerprint density at radius 2 is 1.81 bits per heavy atom. The number of hydrogen-bond donors (Lipinski definition) is 0. The molecule has 0 spiro atoms. The van der Waals surface area contributed by atoms with Gasteiger partial charge in [-0.1, -0.05) is 59.7 Å². The molecule has 0 radical (unpaired) electrons. The molecule has 1 aromatic rings. The van der Waals surface area contributed by atoms with Crippen molar-refractivity contribution >= 4 is 40.8 Å². The van der Waals surface area contributed by atoms with Crippen molar-refractivity contribution in [3.63, 3.8) is 0 Å². The van der Waals surface area contributed by atoms with Gasteiger partial charge in [-0.2, -0.15) is 0 Å². The number of alkyl halides is 1. The van der Waals surface area contributed by atoms with Gasteiger partial charge in [0.25, 0.3) is 0 Å². The van der Waals surface area contributed by atoms with E-state index in [1.54, 1.807) is 0 Å². The van der Waals surface area contributed by atoms with Crippen molar-refractivity contribution in [2.24, 2.45) is 5.92 Å². The zero-order chi connectivity index (χ0) is 20.4. The molecule has 3 nitrogen and oxygen atoms in total. The highest BCUT2D eigenvalue weighted by Crippen LogP contribution is 2.31. The Morgan fingerprint density at radius 3 is 2.33 bits per heavy atom. The molecular weight excluding hydrogens is 440 g/mol. The van der Waals surface area contributed by atoms with E-state index in [2.05, 4.69) is 35.6 Å². The maximum atomic E-state index is 13.5. The second-order valence-corrected chi connectivity index (χ2v) is 16.4. The fourth-order valence-corrected chi connectivity index (χ4v) is 8.60. The molecule has 0 N–H and O–H groups in total. The molecule has 0 fully saturated rings. The first-order valence-electron chi connectivity index (χ1n) is 9.86. The van der Waals surface area contributed by atoms with Crippen LogP contribution in [0.15, 0.2) is 29.2 Å². The van der Waals surface area contributed by atoms with Crippen molar-refractivity contribution in [2.75, 3.05) is 11.9 Å². The van der Waals surface area contributed by atoms with Crippen molar-refractivity contribution in [3.05, 3.63) is 29.8 Å². The van der Waals surface area contributed by atoms with Gasteiger partial charge in [-0.15, -0.1) is 0 Å². The molecule has 0 bridgehead atoms. The van der Waals surface area contributed by atoms with E-state index in [1.807, 2.05) is 38.1 Å². The standard InChI is InChI=1S/C21H35BrO3SSi/c1-6-25-21(23)15-18(9-7-8-14-22)20(16-27(3,4)5)26(24)19-12-10-17(2)11-13-19/h10-13,18,20H,6-9,14-16H2,1-5H3/t18?,20-,26-/m0/s1. The molecule has 0 aliphatic heterocycles. The van der Waals surface area contributed by atoms with E-state index in [0.717, 1.165) is 41.1 Å². The van der Waals surface area contributed by atoms with E-state index in [0.29, 0.717) is 13.0 Å². The van der Waals surface area contributed by atoms with E-state index in [9.17, 15) is 9.00 Å². The Labute approximate surface area is 177 Å². The van der Waals surface area contributed by atoms with Crippen molar-refractivity contribution in [1.29, 1.82) is 0 Å². The molecule has 0 saturated heterocycles. The summed E-state index contributed by atoms with van der Waals surface area (Å²) in [6.07, 6.45) is 3.37. The minimum atomic E-state index is -1.46. The number of carbonyl (C=O) groups excluding carboxylic acids is 1. The molecule has 0 saturated carbocycles. The number of halogens is 1. The summed E-state index contributed by atoms with van der Waals surface area (Å²) < 4.78 is 18.7. The first kappa shape index (κ1) is 24.6. The van der Waals surface area contributed by atoms with Crippen LogP contribution in [0.2, 0.25) is 25.7 Å². The average molecular weight is 476 g/mol. The van der Waals surface area contributed by atoms with Crippen molar-refractivity contribution in [3.8, 4) is 0 Å². The maximum absolute atomic E-state index is 13.5. The fraction of sp³-hybridized carbons (Fsp3) is 0.667. The van der Waals surface area contributed by atoms with Crippen molar-refractivity contribution < 1.29 is 13.7 Å². The summed E-state index contributed by atoms with van der Waals surface area (Å²) in [5, 5.41) is 0.956. The zero-order valence-corrected chi connectivity index (χ0v) is 20.8. The van der Waals surface area contributed by atoms with Crippen LogP contribution in [-0.2, 0) is 20.3 Å². The largest absolute Gasteiger partial charge is 0.466 e. The predicted molar refractivity (Wildman–Crippen MR) is 122 cm³/mol. The first-order chi connectivity index (χ1) is 12.7. The molecule has 1 unspecified atom stereocenters. The van der Waals surface area contributed by atoms with Crippen molar-refractivity contribution in [1.82, 2.24) is 0 Å². The highest BCUT2D eigenvalue weighted by Gasteiger charge is 2.34. The number of ether oxygens (including phenoxy) is 1. The average Bonchev–Trinajstić information content (AvgIpc) is 2.58. The molecule has 0 aliphatic rings. The summed E-state index contributed by atoms with van der Waals surface area (Å²) in [5.74, 6) is -0.0696. The van der Waals surface area contributed by atoms with Gasteiger partial charge in [0.1, 0.15) is 0 Å². The van der Waals surface area contributed by atoms with Gasteiger partial charge in [0.15, 0.2) is 0 Å². The summed E-state index contributed by atoms with van der Waals surface area (Å²) in [6, 6.07) is 8.94. The van der Waals surface area contributed by atoms with E-state index in [1.165, 1.54) is 0 Å². The molecule has 154 valence electrons. The lowest BCUT2D eigenvalue weighted by Gasteiger charge is -2.31. The zero-order valence-electron chi connectivity index (χ0n) is 17.4. The lowest BCUT2D eigenvalue weighted by Crippen LogP contribution is -2.36. The van der Waals surface area contributed by atoms with Crippen LogP contribution < -0.4 is 0 Å². The van der Waals surface area contributed by atoms with E-state index >= 15 is 0 Å². The number of unbranched alkanes of at least 4 members (excludes halogenated alkanes) is 1. The van der Waals surface area contributed by atoms with Gasteiger partial charge in [0, 0.05) is 30.0 Å². The number of esters is 1. The number of hydrogen-bond acceptors (Lipinski definition) is 3. The highest BCUT2D eigenvalue weighted by atomic mass is 79.9. The Hall–Kier alpha value is -0.463. The molecule has 0 aliphatic carbocycles. The molecule has 1 aromatic carbocycles. The van der Waals surface area contributed by atoms with Crippen LogP contribution >= 0.6 is 15.9 Å². The van der Waals surface area contributed by atoms with Crippen LogP contribution in [0, 0.1) is 12.8 Å². The molecule has 0 heterocycles. The molecule has 0 amide bonds. The van der Waals surface area contributed by atoms with Crippen LogP contribution in [0.25, 0.3) is 0 Å². The number of rotatable bonds is 12. The molecule has 27 heavy (non-hydrogen) atoms. The third-order valence-corrected chi connectivity index (χ3v) is 8.92. The van der Waals surface area contributed by atoms with Crippen LogP contribution in [0.3, 0.4) is 0 Å². The summed E-state index contributed by atoms with van der Waals surface area (Å²) in [4.78, 5) is 13.1. The predicted octanol–water partition coefficient (Wildman–Crippen LogP) is 5.94. The van der Waals surface area contributed by atoms with Crippen molar-refractivity contribution in [2.45, 2.75) is 75.4 Å². The fourth-order valence-electron chi connectivity index (χ4n) is 3.22. The SMILES string of the molecule is CCOC(=O)CC(CCCCBr)[C@H](C[Si](C)(C)C)[S@@](=O)c1ccc(C)cc1. The molecule has 1 rings (SSSR count).